The molecule has 5 nitrogen and oxygen atoms in total. The Labute approximate surface area is 93.1 Å². The molecular weight excluding hydrogens is 204 g/mol. The quantitative estimate of drug-likeness (QED) is 0.746. The Bertz CT molecular complexity index is 502. The van der Waals surface area contributed by atoms with E-state index in [9.17, 15) is 5.11 Å². The van der Waals surface area contributed by atoms with Gasteiger partial charge in [0.25, 0.3) is 0 Å². The molecule has 1 fully saturated rings. The highest BCUT2D eigenvalue weighted by molar-refractivity contribution is 5.51. The van der Waals surface area contributed by atoms with E-state index in [0.717, 1.165) is 31.8 Å². The van der Waals surface area contributed by atoms with Crippen LogP contribution in [0.4, 0.5) is 0 Å². The second-order valence-electron chi connectivity index (χ2n) is 4.16. The Balaban J connectivity index is 2.01. The third-order valence-corrected chi connectivity index (χ3v) is 3.06. The van der Waals surface area contributed by atoms with Gasteiger partial charge in [0, 0.05) is 12.1 Å². The summed E-state index contributed by atoms with van der Waals surface area (Å²) in [5.41, 5.74) is 0.552. The fourth-order valence-corrected chi connectivity index (χ4v) is 2.16. The van der Waals surface area contributed by atoms with Gasteiger partial charge >= 0.3 is 0 Å². The number of rotatable bonds is 1. The first-order chi connectivity index (χ1) is 7.84. The molecule has 2 N–H and O–H groups in total. The minimum atomic E-state index is 0.190. The largest absolute Gasteiger partial charge is 0.504 e. The molecule has 3 heterocycles. The van der Waals surface area contributed by atoms with Gasteiger partial charge in [-0.15, -0.1) is 0 Å². The number of hydrogen-bond donors (Lipinski definition) is 2. The van der Waals surface area contributed by atoms with Crippen LogP contribution in [0.5, 0.6) is 5.75 Å². The van der Waals surface area contributed by atoms with Crippen LogP contribution in [0.2, 0.25) is 0 Å². The average molecular weight is 218 g/mol. The van der Waals surface area contributed by atoms with Crippen LogP contribution < -0.4 is 5.32 Å². The fraction of sp³-hybridized carbons (Fsp3) is 0.455. The molecule has 0 bridgehead atoms. The first-order valence-corrected chi connectivity index (χ1v) is 5.59. The standard InChI is InChI=1S/C11H14N4O/c16-9-2-1-7-15-11(9)13-10(14-15)8-3-5-12-6-4-8/h1-2,7-8,12,16H,3-6H2. The molecule has 0 radical (unpaired) electrons. The Morgan fingerprint density at radius 2 is 2.19 bits per heavy atom. The summed E-state index contributed by atoms with van der Waals surface area (Å²) in [6, 6.07) is 3.40. The van der Waals surface area contributed by atoms with E-state index in [4.69, 9.17) is 0 Å². The van der Waals surface area contributed by atoms with E-state index < -0.39 is 0 Å². The Morgan fingerprint density at radius 3 is 2.94 bits per heavy atom. The molecule has 2 aromatic heterocycles. The van der Waals surface area contributed by atoms with Crippen molar-refractivity contribution in [1.29, 1.82) is 0 Å². The van der Waals surface area contributed by atoms with Crippen molar-refractivity contribution in [3.8, 4) is 5.75 Å². The zero-order chi connectivity index (χ0) is 11.0. The van der Waals surface area contributed by atoms with Crippen molar-refractivity contribution in [3.63, 3.8) is 0 Å². The van der Waals surface area contributed by atoms with Crippen molar-refractivity contribution >= 4 is 5.65 Å². The highest BCUT2D eigenvalue weighted by atomic mass is 16.3. The molecule has 0 amide bonds. The number of hydrogen-bond acceptors (Lipinski definition) is 4. The summed E-state index contributed by atoms with van der Waals surface area (Å²) in [5, 5.41) is 17.4. The minimum Gasteiger partial charge on any atom is -0.504 e. The van der Waals surface area contributed by atoms with Crippen molar-refractivity contribution in [3.05, 3.63) is 24.2 Å². The number of aromatic hydroxyl groups is 1. The lowest BCUT2D eigenvalue weighted by atomic mass is 9.98. The van der Waals surface area contributed by atoms with Crippen molar-refractivity contribution < 1.29 is 5.11 Å². The summed E-state index contributed by atoms with van der Waals surface area (Å²) in [4.78, 5) is 4.41. The van der Waals surface area contributed by atoms with Crippen LogP contribution in [0.15, 0.2) is 18.3 Å². The number of nitrogens with one attached hydrogen (secondary N) is 1. The molecular formula is C11H14N4O. The number of nitrogens with zero attached hydrogens (tertiary/aromatic N) is 3. The molecule has 0 saturated carbocycles. The van der Waals surface area contributed by atoms with Crippen LogP contribution in [0, 0.1) is 0 Å². The zero-order valence-corrected chi connectivity index (χ0v) is 8.93. The van der Waals surface area contributed by atoms with Gasteiger partial charge in [-0.05, 0) is 38.1 Å². The first kappa shape index (κ1) is 9.59. The second kappa shape index (κ2) is 3.75. The number of aromatic nitrogens is 3. The monoisotopic (exact) mass is 218 g/mol. The molecule has 0 atom stereocenters. The maximum atomic E-state index is 9.65. The summed E-state index contributed by atoms with van der Waals surface area (Å²) < 4.78 is 1.65. The average Bonchev–Trinajstić information content (AvgIpc) is 2.76. The molecule has 1 aliphatic heterocycles. The SMILES string of the molecule is Oc1cccn2nc(C3CCNCC3)nc12. The molecule has 0 aliphatic carbocycles. The molecule has 0 spiro atoms. The van der Waals surface area contributed by atoms with Gasteiger partial charge in [-0.2, -0.15) is 5.10 Å². The highest BCUT2D eigenvalue weighted by Crippen LogP contribution is 2.24. The van der Waals surface area contributed by atoms with Gasteiger partial charge in [0.1, 0.15) is 0 Å². The van der Waals surface area contributed by atoms with E-state index in [1.54, 1.807) is 16.6 Å². The van der Waals surface area contributed by atoms with E-state index in [1.807, 2.05) is 6.20 Å². The van der Waals surface area contributed by atoms with Crippen LogP contribution in [0.1, 0.15) is 24.6 Å². The van der Waals surface area contributed by atoms with Crippen LogP contribution in [-0.4, -0.2) is 32.8 Å². The topological polar surface area (TPSA) is 62.5 Å². The smallest absolute Gasteiger partial charge is 0.197 e. The Hall–Kier alpha value is -1.62. The van der Waals surface area contributed by atoms with Gasteiger partial charge in [0.2, 0.25) is 0 Å². The van der Waals surface area contributed by atoms with Gasteiger partial charge in [-0.1, -0.05) is 0 Å². The molecule has 2 aromatic rings. The molecule has 3 rings (SSSR count). The van der Waals surface area contributed by atoms with Crippen molar-refractivity contribution in [2.75, 3.05) is 13.1 Å². The number of pyridine rings is 1. The molecule has 1 saturated heterocycles. The summed E-state index contributed by atoms with van der Waals surface area (Å²) in [7, 11) is 0. The number of piperidine rings is 1. The molecule has 84 valence electrons. The Kier molecular flexibility index (Phi) is 2.25. The van der Waals surface area contributed by atoms with Crippen molar-refractivity contribution in [1.82, 2.24) is 19.9 Å². The third-order valence-electron chi connectivity index (χ3n) is 3.06. The predicted molar refractivity (Wildman–Crippen MR) is 59.5 cm³/mol. The van der Waals surface area contributed by atoms with Crippen molar-refractivity contribution in [2.45, 2.75) is 18.8 Å². The fourth-order valence-electron chi connectivity index (χ4n) is 2.16. The lowest BCUT2D eigenvalue weighted by Crippen LogP contribution is -2.27. The molecule has 5 heteroatoms. The molecule has 0 aromatic carbocycles. The second-order valence-corrected chi connectivity index (χ2v) is 4.16. The normalized spacial score (nSPS) is 18.0. The lowest BCUT2D eigenvalue weighted by molar-refractivity contribution is 0.445. The summed E-state index contributed by atoms with van der Waals surface area (Å²) >= 11 is 0. The van der Waals surface area contributed by atoms with Crippen LogP contribution in [0.25, 0.3) is 5.65 Å². The van der Waals surface area contributed by atoms with Gasteiger partial charge in [-0.25, -0.2) is 9.50 Å². The van der Waals surface area contributed by atoms with E-state index in [0.29, 0.717) is 11.6 Å². The van der Waals surface area contributed by atoms with Crippen LogP contribution in [0.3, 0.4) is 0 Å². The van der Waals surface area contributed by atoms with Gasteiger partial charge < -0.3 is 10.4 Å². The molecule has 1 aliphatic rings. The van der Waals surface area contributed by atoms with Crippen LogP contribution in [-0.2, 0) is 0 Å². The van der Waals surface area contributed by atoms with Crippen LogP contribution >= 0.6 is 0 Å². The predicted octanol–water partition coefficient (Wildman–Crippen LogP) is 0.902. The molecule has 16 heavy (non-hydrogen) atoms. The summed E-state index contributed by atoms with van der Waals surface area (Å²) in [6.45, 7) is 2.04. The third kappa shape index (κ3) is 1.53. The maximum absolute atomic E-state index is 9.65. The maximum Gasteiger partial charge on any atom is 0.197 e. The van der Waals surface area contributed by atoms with E-state index in [1.165, 1.54) is 0 Å². The van der Waals surface area contributed by atoms with Gasteiger partial charge in [0.15, 0.2) is 17.2 Å². The number of fused-ring (bicyclic) bond motifs is 1. The molecule has 0 unspecified atom stereocenters. The zero-order valence-electron chi connectivity index (χ0n) is 8.93. The summed E-state index contributed by atoms with van der Waals surface area (Å²) in [6.07, 6.45) is 3.95. The van der Waals surface area contributed by atoms with E-state index in [2.05, 4.69) is 15.4 Å². The minimum absolute atomic E-state index is 0.190. The van der Waals surface area contributed by atoms with Gasteiger partial charge in [0.05, 0.1) is 0 Å². The summed E-state index contributed by atoms with van der Waals surface area (Å²) in [5.74, 6) is 1.46. The Morgan fingerprint density at radius 1 is 1.38 bits per heavy atom. The van der Waals surface area contributed by atoms with Gasteiger partial charge in [-0.3, -0.25) is 0 Å². The first-order valence-electron chi connectivity index (χ1n) is 5.59. The lowest BCUT2D eigenvalue weighted by Gasteiger charge is -2.19. The van der Waals surface area contributed by atoms with Crippen molar-refractivity contribution in [2.24, 2.45) is 0 Å². The van der Waals surface area contributed by atoms with E-state index in [-0.39, 0.29) is 5.75 Å². The highest BCUT2D eigenvalue weighted by Gasteiger charge is 2.20. The van der Waals surface area contributed by atoms with E-state index >= 15 is 0 Å².